The number of hydrogen-bond acceptors (Lipinski definition) is 5. The summed E-state index contributed by atoms with van der Waals surface area (Å²) in [5.74, 6) is 0.707. The Morgan fingerprint density at radius 3 is 2.77 bits per heavy atom. The van der Waals surface area contributed by atoms with E-state index in [4.69, 9.17) is 0 Å². The van der Waals surface area contributed by atoms with Crippen molar-refractivity contribution in [2.24, 2.45) is 5.92 Å². The van der Waals surface area contributed by atoms with Crippen molar-refractivity contribution in [3.8, 4) is 0 Å². The van der Waals surface area contributed by atoms with E-state index in [-0.39, 0.29) is 11.8 Å². The van der Waals surface area contributed by atoms with Crippen LogP contribution in [0.15, 0.2) is 21.7 Å². The number of thiophene rings is 1. The molecule has 2 heterocycles. The van der Waals surface area contributed by atoms with Crippen LogP contribution in [0.25, 0.3) is 0 Å². The molecule has 5 nitrogen and oxygen atoms in total. The zero-order valence-electron chi connectivity index (χ0n) is 15.1. The molecule has 1 aromatic heterocycles. The van der Waals surface area contributed by atoms with E-state index in [2.05, 4.69) is 5.32 Å². The highest BCUT2D eigenvalue weighted by molar-refractivity contribution is 7.99. The van der Waals surface area contributed by atoms with Crippen molar-refractivity contribution in [3.05, 3.63) is 17.5 Å². The lowest BCUT2D eigenvalue weighted by Crippen LogP contribution is -2.45. The Labute approximate surface area is 165 Å². The number of piperidine rings is 1. The van der Waals surface area contributed by atoms with Gasteiger partial charge in [-0.2, -0.15) is 16.1 Å². The van der Waals surface area contributed by atoms with E-state index in [0.29, 0.717) is 23.8 Å². The largest absolute Gasteiger partial charge is 0.355 e. The van der Waals surface area contributed by atoms with Gasteiger partial charge in [-0.15, -0.1) is 11.3 Å². The van der Waals surface area contributed by atoms with Crippen molar-refractivity contribution >= 4 is 39.0 Å². The lowest BCUT2D eigenvalue weighted by atomic mass is 9.99. The minimum atomic E-state index is -3.46. The normalized spacial score (nSPS) is 23.0. The summed E-state index contributed by atoms with van der Waals surface area (Å²) in [7, 11) is -3.46. The molecule has 146 valence electrons. The van der Waals surface area contributed by atoms with E-state index >= 15 is 0 Å². The Kier molecular flexibility index (Phi) is 7.43. The molecule has 3 rings (SSSR count). The zero-order valence-corrected chi connectivity index (χ0v) is 17.5. The number of sulfonamides is 1. The van der Waals surface area contributed by atoms with E-state index in [1.165, 1.54) is 47.7 Å². The second kappa shape index (κ2) is 9.57. The predicted octanol–water partition coefficient (Wildman–Crippen LogP) is 3.33. The molecule has 0 unspecified atom stereocenters. The van der Waals surface area contributed by atoms with Gasteiger partial charge in [-0.05, 0) is 37.1 Å². The number of nitrogens with one attached hydrogen (secondary N) is 1. The third-order valence-electron chi connectivity index (χ3n) is 5.15. The molecule has 0 radical (unpaired) electrons. The van der Waals surface area contributed by atoms with Crippen molar-refractivity contribution in [1.29, 1.82) is 0 Å². The fourth-order valence-corrected chi connectivity index (χ4v) is 7.58. The Morgan fingerprint density at radius 2 is 2.04 bits per heavy atom. The summed E-state index contributed by atoms with van der Waals surface area (Å²) in [4.78, 5) is 12.5. The first-order valence-electron chi connectivity index (χ1n) is 9.50. The topological polar surface area (TPSA) is 66.5 Å². The SMILES string of the molecule is O=C(NCCSC1CCCCC1)[C@H]1CCCN(S(=O)(=O)c2cccs2)C1. The Morgan fingerprint density at radius 1 is 1.23 bits per heavy atom. The molecular weight excluding hydrogens is 388 g/mol. The summed E-state index contributed by atoms with van der Waals surface area (Å²) in [5.41, 5.74) is 0. The van der Waals surface area contributed by atoms with Crippen LogP contribution in [0.3, 0.4) is 0 Å². The third kappa shape index (κ3) is 5.24. The maximum absolute atomic E-state index is 12.7. The van der Waals surface area contributed by atoms with Crippen LogP contribution < -0.4 is 5.32 Å². The van der Waals surface area contributed by atoms with Gasteiger partial charge in [-0.25, -0.2) is 8.42 Å². The van der Waals surface area contributed by atoms with Crippen LogP contribution in [0.4, 0.5) is 0 Å². The van der Waals surface area contributed by atoms with Crippen molar-refractivity contribution in [2.75, 3.05) is 25.4 Å². The summed E-state index contributed by atoms with van der Waals surface area (Å²) in [6, 6.07) is 3.38. The van der Waals surface area contributed by atoms with Crippen LogP contribution in [-0.4, -0.2) is 49.3 Å². The molecule has 1 aromatic rings. The van der Waals surface area contributed by atoms with Gasteiger partial charge in [0.2, 0.25) is 5.91 Å². The van der Waals surface area contributed by atoms with Crippen molar-refractivity contribution in [1.82, 2.24) is 9.62 Å². The molecule has 0 bridgehead atoms. The number of thioether (sulfide) groups is 1. The van der Waals surface area contributed by atoms with Crippen molar-refractivity contribution in [3.63, 3.8) is 0 Å². The van der Waals surface area contributed by atoms with Gasteiger partial charge in [0.15, 0.2) is 0 Å². The molecule has 1 atom stereocenters. The van der Waals surface area contributed by atoms with E-state index in [1.807, 2.05) is 11.8 Å². The monoisotopic (exact) mass is 416 g/mol. The smallest absolute Gasteiger partial charge is 0.252 e. The van der Waals surface area contributed by atoms with Gasteiger partial charge in [-0.1, -0.05) is 25.3 Å². The van der Waals surface area contributed by atoms with Gasteiger partial charge >= 0.3 is 0 Å². The number of hydrogen-bond donors (Lipinski definition) is 1. The maximum Gasteiger partial charge on any atom is 0.252 e. The summed E-state index contributed by atoms with van der Waals surface area (Å²) < 4.78 is 27.1. The van der Waals surface area contributed by atoms with Gasteiger partial charge in [0.05, 0.1) is 5.92 Å². The first-order chi connectivity index (χ1) is 12.6. The fourth-order valence-electron chi connectivity index (χ4n) is 3.69. The summed E-state index contributed by atoms with van der Waals surface area (Å²) in [6.45, 7) is 1.47. The van der Waals surface area contributed by atoms with Gasteiger partial charge < -0.3 is 5.32 Å². The summed E-state index contributed by atoms with van der Waals surface area (Å²) in [5, 5.41) is 5.54. The molecule has 1 aliphatic carbocycles. The molecule has 26 heavy (non-hydrogen) atoms. The van der Waals surface area contributed by atoms with Crippen LogP contribution in [0, 0.1) is 5.92 Å². The standard InChI is InChI=1S/C18H28N2O3S3/c21-18(19-10-13-24-16-7-2-1-3-8-16)15-6-4-11-20(14-15)26(22,23)17-9-5-12-25-17/h5,9,12,15-16H,1-4,6-8,10-11,13-14H2,(H,19,21)/t15-/m0/s1. The molecule has 1 saturated carbocycles. The van der Waals surface area contributed by atoms with E-state index in [0.717, 1.165) is 23.8 Å². The lowest BCUT2D eigenvalue weighted by molar-refractivity contribution is -0.125. The number of carbonyl (C=O) groups is 1. The van der Waals surface area contributed by atoms with Crippen molar-refractivity contribution in [2.45, 2.75) is 54.4 Å². The maximum atomic E-state index is 12.7. The van der Waals surface area contributed by atoms with Crippen LogP contribution in [0.5, 0.6) is 0 Å². The zero-order chi connectivity index (χ0) is 18.4. The predicted molar refractivity (Wildman–Crippen MR) is 108 cm³/mol. The van der Waals surface area contributed by atoms with Crippen LogP contribution in [-0.2, 0) is 14.8 Å². The van der Waals surface area contributed by atoms with Crippen LogP contribution in [0.1, 0.15) is 44.9 Å². The minimum Gasteiger partial charge on any atom is -0.355 e. The van der Waals surface area contributed by atoms with Gasteiger partial charge in [0.25, 0.3) is 10.0 Å². The molecular formula is C18H28N2O3S3. The average Bonchev–Trinajstić information content (AvgIpc) is 3.22. The number of carbonyl (C=O) groups excluding carboxylic acids is 1. The molecule has 0 spiro atoms. The van der Waals surface area contributed by atoms with Gasteiger partial charge in [0, 0.05) is 30.6 Å². The van der Waals surface area contributed by atoms with E-state index in [1.54, 1.807) is 17.5 Å². The highest BCUT2D eigenvalue weighted by atomic mass is 32.2. The molecule has 1 amide bonds. The molecule has 2 aliphatic rings. The Hall–Kier alpha value is -0.570. The van der Waals surface area contributed by atoms with Gasteiger partial charge in [-0.3, -0.25) is 4.79 Å². The average molecular weight is 417 g/mol. The third-order valence-corrected chi connectivity index (χ3v) is 9.77. The second-order valence-corrected chi connectivity index (χ2v) is 11.6. The highest BCUT2D eigenvalue weighted by Crippen LogP contribution is 2.28. The number of amides is 1. The molecule has 2 fully saturated rings. The van der Waals surface area contributed by atoms with Gasteiger partial charge in [0.1, 0.15) is 4.21 Å². The van der Waals surface area contributed by atoms with Crippen LogP contribution >= 0.6 is 23.1 Å². The van der Waals surface area contributed by atoms with Crippen LogP contribution in [0.2, 0.25) is 0 Å². The molecule has 1 N–H and O–H groups in total. The second-order valence-electron chi connectivity index (χ2n) is 7.06. The minimum absolute atomic E-state index is 0.000300. The molecule has 0 aromatic carbocycles. The fraction of sp³-hybridized carbons (Fsp3) is 0.722. The number of rotatable bonds is 7. The molecule has 1 aliphatic heterocycles. The van der Waals surface area contributed by atoms with E-state index in [9.17, 15) is 13.2 Å². The summed E-state index contributed by atoms with van der Waals surface area (Å²) >= 11 is 3.20. The molecule has 8 heteroatoms. The lowest BCUT2D eigenvalue weighted by Gasteiger charge is -2.30. The van der Waals surface area contributed by atoms with E-state index < -0.39 is 10.0 Å². The molecule has 1 saturated heterocycles. The Balaban J connectivity index is 1.44. The quantitative estimate of drug-likeness (QED) is 0.693. The summed E-state index contributed by atoms with van der Waals surface area (Å²) in [6.07, 6.45) is 8.13. The first-order valence-corrected chi connectivity index (χ1v) is 12.9. The number of nitrogens with zero attached hydrogens (tertiary/aromatic N) is 1. The highest BCUT2D eigenvalue weighted by Gasteiger charge is 2.33. The Bertz CT molecular complexity index is 670. The van der Waals surface area contributed by atoms with Crippen molar-refractivity contribution < 1.29 is 13.2 Å². The first kappa shape index (κ1) is 20.2.